The van der Waals surface area contributed by atoms with Crippen LogP contribution < -0.4 is 9.47 Å². The van der Waals surface area contributed by atoms with Crippen LogP contribution in [0.5, 0.6) is 11.5 Å². The molecule has 1 aromatic carbocycles. The van der Waals surface area contributed by atoms with Gasteiger partial charge in [0.05, 0.1) is 26.9 Å². The number of aliphatic hydroxyl groups excluding tert-OH is 1. The molecule has 0 bridgehead atoms. The third-order valence-electron chi connectivity index (χ3n) is 3.50. The van der Waals surface area contributed by atoms with E-state index in [1.54, 1.807) is 25.2 Å². The van der Waals surface area contributed by atoms with Gasteiger partial charge in [-0.25, -0.2) is 0 Å². The van der Waals surface area contributed by atoms with Gasteiger partial charge in [0.25, 0.3) is 0 Å². The minimum absolute atomic E-state index is 0.00418. The second-order valence-corrected chi connectivity index (χ2v) is 4.57. The van der Waals surface area contributed by atoms with Crippen LogP contribution >= 0.6 is 0 Å². The van der Waals surface area contributed by atoms with Gasteiger partial charge in [-0.2, -0.15) is 0 Å². The lowest BCUT2D eigenvalue weighted by Gasteiger charge is -2.24. The first-order valence-electron chi connectivity index (χ1n) is 6.30. The molecule has 1 aromatic rings. The molecule has 1 saturated heterocycles. The molecule has 2 rings (SSSR count). The molecular formula is C14H19NO4. The molecule has 0 saturated carbocycles. The molecule has 1 N–H and O–H groups in total. The van der Waals surface area contributed by atoms with Crippen molar-refractivity contribution in [3.63, 3.8) is 0 Å². The Morgan fingerprint density at radius 3 is 2.79 bits per heavy atom. The molecule has 19 heavy (non-hydrogen) atoms. The van der Waals surface area contributed by atoms with E-state index in [2.05, 4.69) is 0 Å². The third kappa shape index (κ3) is 2.81. The van der Waals surface area contributed by atoms with Crippen LogP contribution in [0.25, 0.3) is 0 Å². The van der Waals surface area contributed by atoms with Crippen LogP contribution in [0.15, 0.2) is 18.2 Å². The average Bonchev–Trinajstić information content (AvgIpc) is 2.80. The molecule has 1 atom stereocenters. The summed E-state index contributed by atoms with van der Waals surface area (Å²) in [6.45, 7) is 0.460. The number of likely N-dealkylation sites (tertiary alicyclic amines) is 1. The van der Waals surface area contributed by atoms with E-state index in [-0.39, 0.29) is 18.6 Å². The number of methoxy groups -OCH3 is 2. The van der Waals surface area contributed by atoms with Gasteiger partial charge in [0.2, 0.25) is 5.91 Å². The highest BCUT2D eigenvalue weighted by molar-refractivity contribution is 5.78. The molecule has 1 aliphatic heterocycles. The van der Waals surface area contributed by atoms with Gasteiger partial charge >= 0.3 is 0 Å². The molecule has 104 valence electrons. The van der Waals surface area contributed by atoms with Gasteiger partial charge in [0, 0.05) is 24.6 Å². The second-order valence-electron chi connectivity index (χ2n) is 4.57. The first-order chi connectivity index (χ1) is 9.19. The van der Waals surface area contributed by atoms with E-state index in [0.29, 0.717) is 30.9 Å². The number of nitrogens with zero attached hydrogens (tertiary/aromatic N) is 1. The number of benzene rings is 1. The van der Waals surface area contributed by atoms with Crippen LogP contribution in [-0.2, 0) is 11.3 Å². The Kier molecular flexibility index (Phi) is 4.27. The number of rotatable bonds is 5. The highest BCUT2D eigenvalue weighted by atomic mass is 16.5. The average molecular weight is 265 g/mol. The number of carbonyl (C=O) groups is 1. The molecule has 5 nitrogen and oxygen atoms in total. The first kappa shape index (κ1) is 13.7. The van der Waals surface area contributed by atoms with Crippen molar-refractivity contribution >= 4 is 5.91 Å². The van der Waals surface area contributed by atoms with Crippen molar-refractivity contribution in [2.75, 3.05) is 20.8 Å². The van der Waals surface area contributed by atoms with E-state index in [1.165, 1.54) is 0 Å². The van der Waals surface area contributed by atoms with Gasteiger partial charge in [-0.05, 0) is 18.6 Å². The van der Waals surface area contributed by atoms with Crippen LogP contribution in [0.1, 0.15) is 18.4 Å². The van der Waals surface area contributed by atoms with Crippen LogP contribution in [0.4, 0.5) is 0 Å². The summed E-state index contributed by atoms with van der Waals surface area (Å²) in [6, 6.07) is 5.44. The van der Waals surface area contributed by atoms with Crippen molar-refractivity contribution in [2.24, 2.45) is 0 Å². The monoisotopic (exact) mass is 265 g/mol. The Labute approximate surface area is 112 Å². The highest BCUT2D eigenvalue weighted by Gasteiger charge is 2.30. The molecule has 1 fully saturated rings. The van der Waals surface area contributed by atoms with Crippen LogP contribution in [-0.4, -0.2) is 42.8 Å². The SMILES string of the molecule is COc1ccc(CN2C(=O)CC[C@H]2CO)c(OC)c1. The van der Waals surface area contributed by atoms with E-state index in [1.807, 2.05) is 12.1 Å². The zero-order valence-electron chi connectivity index (χ0n) is 11.3. The van der Waals surface area contributed by atoms with E-state index < -0.39 is 0 Å². The maximum absolute atomic E-state index is 11.8. The number of ether oxygens (including phenoxy) is 2. The summed E-state index contributed by atoms with van der Waals surface area (Å²) in [6.07, 6.45) is 1.22. The van der Waals surface area contributed by atoms with Gasteiger partial charge in [-0.3, -0.25) is 4.79 Å². The summed E-state index contributed by atoms with van der Waals surface area (Å²) < 4.78 is 10.5. The topological polar surface area (TPSA) is 59.0 Å². The van der Waals surface area contributed by atoms with Crippen molar-refractivity contribution < 1.29 is 19.4 Å². The standard InChI is InChI=1S/C14H19NO4/c1-18-12-5-3-10(13(7-12)19-2)8-15-11(9-16)4-6-14(15)17/h3,5,7,11,16H,4,6,8-9H2,1-2H3/t11-/m0/s1. The molecule has 0 unspecified atom stereocenters. The van der Waals surface area contributed by atoms with E-state index in [9.17, 15) is 9.90 Å². The summed E-state index contributed by atoms with van der Waals surface area (Å²) in [4.78, 5) is 13.5. The highest BCUT2D eigenvalue weighted by Crippen LogP contribution is 2.28. The molecule has 0 aromatic heterocycles. The maximum atomic E-state index is 11.8. The largest absolute Gasteiger partial charge is 0.497 e. The van der Waals surface area contributed by atoms with Gasteiger partial charge in [-0.1, -0.05) is 0 Å². The number of carbonyl (C=O) groups excluding carboxylic acids is 1. The fourth-order valence-corrected chi connectivity index (χ4v) is 2.37. The molecule has 0 aliphatic carbocycles. The molecule has 0 spiro atoms. The Morgan fingerprint density at radius 2 is 2.16 bits per heavy atom. The normalized spacial score (nSPS) is 18.8. The zero-order chi connectivity index (χ0) is 13.8. The van der Waals surface area contributed by atoms with Gasteiger partial charge in [0.1, 0.15) is 11.5 Å². The first-order valence-corrected chi connectivity index (χ1v) is 6.30. The molecule has 1 heterocycles. The van der Waals surface area contributed by atoms with Crippen molar-refractivity contribution in [2.45, 2.75) is 25.4 Å². The van der Waals surface area contributed by atoms with Crippen molar-refractivity contribution in [1.29, 1.82) is 0 Å². The quantitative estimate of drug-likeness (QED) is 0.868. The number of aliphatic hydroxyl groups is 1. The van der Waals surface area contributed by atoms with Crippen molar-refractivity contribution in [3.8, 4) is 11.5 Å². The lowest BCUT2D eigenvalue weighted by atomic mass is 10.1. The molecule has 1 amide bonds. The molecule has 0 radical (unpaired) electrons. The van der Waals surface area contributed by atoms with Crippen molar-refractivity contribution in [1.82, 2.24) is 4.90 Å². The smallest absolute Gasteiger partial charge is 0.223 e. The third-order valence-corrected chi connectivity index (χ3v) is 3.50. The van der Waals surface area contributed by atoms with Crippen LogP contribution in [0.3, 0.4) is 0 Å². The summed E-state index contributed by atoms with van der Waals surface area (Å²) in [7, 11) is 3.19. The Hall–Kier alpha value is -1.75. The molecule has 5 heteroatoms. The molecule has 1 aliphatic rings. The van der Waals surface area contributed by atoms with Gasteiger partial charge < -0.3 is 19.5 Å². The Bertz CT molecular complexity index is 461. The zero-order valence-corrected chi connectivity index (χ0v) is 11.3. The minimum Gasteiger partial charge on any atom is -0.497 e. The van der Waals surface area contributed by atoms with Crippen LogP contribution in [0.2, 0.25) is 0 Å². The lowest BCUT2D eigenvalue weighted by Crippen LogP contribution is -2.34. The summed E-state index contributed by atoms with van der Waals surface area (Å²) in [5.41, 5.74) is 0.914. The summed E-state index contributed by atoms with van der Waals surface area (Å²) >= 11 is 0. The minimum atomic E-state index is -0.0840. The van der Waals surface area contributed by atoms with E-state index >= 15 is 0 Å². The predicted molar refractivity (Wildman–Crippen MR) is 70.2 cm³/mol. The predicted octanol–water partition coefficient (Wildman–Crippen LogP) is 1.19. The maximum Gasteiger partial charge on any atom is 0.223 e. The Morgan fingerprint density at radius 1 is 1.37 bits per heavy atom. The fraction of sp³-hybridized carbons (Fsp3) is 0.500. The number of amides is 1. The van der Waals surface area contributed by atoms with Crippen LogP contribution in [0, 0.1) is 0 Å². The fourth-order valence-electron chi connectivity index (χ4n) is 2.37. The summed E-state index contributed by atoms with van der Waals surface area (Å²) in [5, 5.41) is 9.30. The van der Waals surface area contributed by atoms with E-state index in [0.717, 1.165) is 5.56 Å². The second kappa shape index (κ2) is 5.93. The van der Waals surface area contributed by atoms with E-state index in [4.69, 9.17) is 9.47 Å². The van der Waals surface area contributed by atoms with Gasteiger partial charge in [-0.15, -0.1) is 0 Å². The van der Waals surface area contributed by atoms with Crippen molar-refractivity contribution in [3.05, 3.63) is 23.8 Å². The number of hydrogen-bond acceptors (Lipinski definition) is 4. The lowest BCUT2D eigenvalue weighted by molar-refractivity contribution is -0.130. The molecular weight excluding hydrogens is 246 g/mol. The van der Waals surface area contributed by atoms with Gasteiger partial charge in [0.15, 0.2) is 0 Å². The Balaban J connectivity index is 2.20. The summed E-state index contributed by atoms with van der Waals surface area (Å²) in [5.74, 6) is 1.49. The number of hydrogen-bond donors (Lipinski definition) is 1.